The lowest BCUT2D eigenvalue weighted by molar-refractivity contribution is 0.309. The molecular weight excluding hydrogens is 259 g/mol. The summed E-state index contributed by atoms with van der Waals surface area (Å²) in [5, 5.41) is 0. The van der Waals surface area contributed by atoms with Gasteiger partial charge in [-0.1, -0.05) is 0 Å². The predicted molar refractivity (Wildman–Crippen MR) is 76.9 cm³/mol. The fourth-order valence-corrected chi connectivity index (χ4v) is 3.02. The van der Waals surface area contributed by atoms with Gasteiger partial charge in [-0.2, -0.15) is 0 Å². The molecule has 1 aliphatic heterocycles. The summed E-state index contributed by atoms with van der Waals surface area (Å²) >= 11 is 0. The molecule has 112 valence electrons. The predicted octanol–water partition coefficient (Wildman–Crippen LogP) is 2.12. The Morgan fingerprint density at radius 2 is 2.10 bits per heavy atom. The highest BCUT2D eigenvalue weighted by Gasteiger charge is 2.30. The first-order valence-electron chi connectivity index (χ1n) is 6.85. The van der Waals surface area contributed by atoms with Crippen molar-refractivity contribution in [2.75, 3.05) is 34.4 Å². The van der Waals surface area contributed by atoms with Crippen LogP contribution < -0.4 is 15.2 Å². The molecular formula is C15H23FN2O2. The summed E-state index contributed by atoms with van der Waals surface area (Å²) in [5.74, 6) is 1.56. The van der Waals surface area contributed by atoms with E-state index in [2.05, 4.69) is 11.9 Å². The van der Waals surface area contributed by atoms with Crippen molar-refractivity contribution in [3.8, 4) is 11.5 Å². The minimum atomic E-state index is -0.565. The van der Waals surface area contributed by atoms with Crippen molar-refractivity contribution in [1.82, 2.24) is 4.90 Å². The van der Waals surface area contributed by atoms with Crippen molar-refractivity contribution in [2.45, 2.75) is 19.1 Å². The lowest BCUT2D eigenvalue weighted by Crippen LogP contribution is -2.20. The van der Waals surface area contributed by atoms with E-state index in [0.717, 1.165) is 18.5 Å². The minimum absolute atomic E-state index is 0.258. The molecule has 1 aromatic rings. The molecule has 2 atom stereocenters. The molecule has 1 saturated heterocycles. The molecule has 0 amide bonds. The number of alkyl halides is 1. The van der Waals surface area contributed by atoms with Crippen LogP contribution in [0.4, 0.5) is 4.39 Å². The van der Waals surface area contributed by atoms with Gasteiger partial charge in [0.2, 0.25) is 0 Å². The molecule has 1 fully saturated rings. The fraction of sp³-hybridized carbons (Fsp3) is 0.600. The molecule has 0 bridgehead atoms. The quantitative estimate of drug-likeness (QED) is 0.898. The first-order chi connectivity index (χ1) is 9.64. The van der Waals surface area contributed by atoms with Crippen LogP contribution in [-0.4, -0.2) is 39.3 Å². The standard InChI is InChI=1S/C15H23FN2O2/c1-18-9-10(8-17)4-13(18)11-5-12(7-16)15(20-3)14(6-11)19-2/h5-6,10,13H,4,7-9,17H2,1-3H3. The Morgan fingerprint density at radius 3 is 2.60 bits per heavy atom. The lowest BCUT2D eigenvalue weighted by Gasteiger charge is -2.22. The van der Waals surface area contributed by atoms with Crippen LogP contribution in [0.25, 0.3) is 0 Å². The molecule has 1 aromatic carbocycles. The summed E-state index contributed by atoms with van der Waals surface area (Å²) in [5.41, 5.74) is 7.36. The number of nitrogens with two attached hydrogens (primary N) is 1. The zero-order chi connectivity index (χ0) is 14.7. The molecule has 0 spiro atoms. The van der Waals surface area contributed by atoms with Crippen LogP contribution in [0.1, 0.15) is 23.6 Å². The number of methoxy groups -OCH3 is 2. The fourth-order valence-electron chi connectivity index (χ4n) is 3.02. The van der Waals surface area contributed by atoms with E-state index in [4.69, 9.17) is 15.2 Å². The average molecular weight is 282 g/mol. The second kappa shape index (κ2) is 6.41. The number of hydrogen-bond donors (Lipinski definition) is 1. The summed E-state index contributed by atoms with van der Waals surface area (Å²) in [6.07, 6.45) is 0.994. The van der Waals surface area contributed by atoms with Gasteiger partial charge in [0.1, 0.15) is 6.67 Å². The number of hydrogen-bond acceptors (Lipinski definition) is 4. The van der Waals surface area contributed by atoms with Gasteiger partial charge in [0.15, 0.2) is 11.5 Å². The largest absolute Gasteiger partial charge is 0.493 e. The van der Waals surface area contributed by atoms with Gasteiger partial charge in [0.05, 0.1) is 14.2 Å². The van der Waals surface area contributed by atoms with Gasteiger partial charge in [-0.05, 0) is 43.6 Å². The normalized spacial score (nSPS) is 23.1. The Bertz CT molecular complexity index is 442. The number of nitrogens with zero attached hydrogens (tertiary/aromatic N) is 1. The van der Waals surface area contributed by atoms with E-state index in [1.165, 1.54) is 7.11 Å². The highest BCUT2D eigenvalue weighted by molar-refractivity contribution is 5.50. The van der Waals surface area contributed by atoms with Crippen molar-refractivity contribution in [3.63, 3.8) is 0 Å². The molecule has 2 N–H and O–H groups in total. The van der Waals surface area contributed by atoms with Gasteiger partial charge < -0.3 is 15.2 Å². The van der Waals surface area contributed by atoms with E-state index < -0.39 is 6.67 Å². The molecule has 0 aromatic heterocycles. The van der Waals surface area contributed by atoms with Crippen molar-refractivity contribution < 1.29 is 13.9 Å². The summed E-state index contributed by atoms with van der Waals surface area (Å²) in [7, 11) is 5.18. The summed E-state index contributed by atoms with van der Waals surface area (Å²) < 4.78 is 23.8. The number of rotatable bonds is 5. The van der Waals surface area contributed by atoms with E-state index in [1.807, 2.05) is 12.1 Å². The van der Waals surface area contributed by atoms with Gasteiger partial charge in [-0.25, -0.2) is 4.39 Å². The van der Waals surface area contributed by atoms with E-state index in [-0.39, 0.29) is 6.04 Å². The Balaban J connectivity index is 2.37. The number of benzene rings is 1. The maximum Gasteiger partial charge on any atom is 0.166 e. The Kier molecular flexibility index (Phi) is 4.83. The first-order valence-corrected chi connectivity index (χ1v) is 6.85. The van der Waals surface area contributed by atoms with Crippen molar-refractivity contribution in [3.05, 3.63) is 23.3 Å². The second-order valence-corrected chi connectivity index (χ2v) is 5.34. The van der Waals surface area contributed by atoms with E-state index in [0.29, 0.717) is 29.5 Å². The van der Waals surface area contributed by atoms with Crippen LogP contribution in [0, 0.1) is 5.92 Å². The van der Waals surface area contributed by atoms with Crippen LogP contribution in [-0.2, 0) is 6.67 Å². The van der Waals surface area contributed by atoms with Crippen LogP contribution in [0.2, 0.25) is 0 Å². The smallest absolute Gasteiger partial charge is 0.166 e. The van der Waals surface area contributed by atoms with Crippen LogP contribution >= 0.6 is 0 Å². The SMILES string of the molecule is COc1cc(C2CC(CN)CN2C)cc(CF)c1OC. The van der Waals surface area contributed by atoms with Gasteiger partial charge in [0, 0.05) is 18.2 Å². The summed E-state index contributed by atoms with van der Waals surface area (Å²) in [6, 6.07) is 4.08. The third kappa shape index (κ3) is 2.74. The summed E-state index contributed by atoms with van der Waals surface area (Å²) in [6.45, 7) is 1.09. The van der Waals surface area contributed by atoms with E-state index in [1.54, 1.807) is 7.11 Å². The van der Waals surface area contributed by atoms with Gasteiger partial charge in [0.25, 0.3) is 0 Å². The molecule has 4 nitrogen and oxygen atoms in total. The molecule has 20 heavy (non-hydrogen) atoms. The van der Waals surface area contributed by atoms with Crippen molar-refractivity contribution in [2.24, 2.45) is 11.7 Å². The van der Waals surface area contributed by atoms with Crippen LogP contribution in [0.3, 0.4) is 0 Å². The van der Waals surface area contributed by atoms with Gasteiger partial charge in [-0.15, -0.1) is 0 Å². The highest BCUT2D eigenvalue weighted by Crippen LogP contribution is 2.40. The number of ether oxygens (including phenoxy) is 2. The second-order valence-electron chi connectivity index (χ2n) is 5.34. The van der Waals surface area contributed by atoms with E-state index in [9.17, 15) is 4.39 Å². The Labute approximate surface area is 119 Å². The molecule has 0 radical (unpaired) electrons. The molecule has 2 unspecified atom stereocenters. The molecule has 2 rings (SSSR count). The average Bonchev–Trinajstić information content (AvgIpc) is 2.86. The molecule has 5 heteroatoms. The van der Waals surface area contributed by atoms with Crippen LogP contribution in [0.5, 0.6) is 11.5 Å². The third-order valence-corrected chi connectivity index (χ3v) is 4.08. The van der Waals surface area contributed by atoms with Gasteiger partial charge in [-0.3, -0.25) is 4.90 Å². The van der Waals surface area contributed by atoms with E-state index >= 15 is 0 Å². The molecule has 1 aliphatic rings. The van der Waals surface area contributed by atoms with Gasteiger partial charge >= 0.3 is 0 Å². The number of likely N-dealkylation sites (tertiary alicyclic amines) is 1. The monoisotopic (exact) mass is 282 g/mol. The van der Waals surface area contributed by atoms with Crippen molar-refractivity contribution in [1.29, 1.82) is 0 Å². The molecule has 1 heterocycles. The lowest BCUT2D eigenvalue weighted by atomic mass is 9.97. The zero-order valence-electron chi connectivity index (χ0n) is 12.4. The van der Waals surface area contributed by atoms with Crippen LogP contribution in [0.15, 0.2) is 12.1 Å². The third-order valence-electron chi connectivity index (χ3n) is 4.08. The Hall–Kier alpha value is -1.33. The molecule has 0 aliphatic carbocycles. The zero-order valence-corrected chi connectivity index (χ0v) is 12.4. The minimum Gasteiger partial charge on any atom is -0.493 e. The maximum absolute atomic E-state index is 13.2. The first kappa shape index (κ1) is 15.1. The Morgan fingerprint density at radius 1 is 1.35 bits per heavy atom. The highest BCUT2D eigenvalue weighted by atomic mass is 19.1. The molecule has 0 saturated carbocycles. The van der Waals surface area contributed by atoms with Crippen molar-refractivity contribution >= 4 is 0 Å². The number of halogens is 1. The summed E-state index contributed by atoms with van der Waals surface area (Å²) in [4.78, 5) is 2.26. The topological polar surface area (TPSA) is 47.7 Å². The maximum atomic E-state index is 13.2.